The Hall–Kier alpha value is -0.210. The summed E-state index contributed by atoms with van der Waals surface area (Å²) in [7, 11) is 0. The Morgan fingerprint density at radius 1 is 1.50 bits per heavy atom. The van der Waals surface area contributed by atoms with Crippen LogP contribution in [0.25, 0.3) is 0 Å². The molecule has 0 spiro atoms. The number of nitrogens with zero attached hydrogens (tertiary/aromatic N) is 1. The molecule has 0 N–H and O–H groups in total. The highest BCUT2D eigenvalue weighted by Crippen LogP contribution is 2.22. The van der Waals surface area contributed by atoms with Crippen molar-refractivity contribution in [3.8, 4) is 0 Å². The van der Waals surface area contributed by atoms with Crippen LogP contribution in [0.15, 0.2) is 17.0 Å². The highest BCUT2D eigenvalue weighted by atomic mass is 35.5. The zero-order valence-corrected chi connectivity index (χ0v) is 7.46. The second kappa shape index (κ2) is 3.26. The smallest absolute Gasteiger partial charge is 0.142 e. The minimum Gasteiger partial charge on any atom is -0.240 e. The van der Waals surface area contributed by atoms with Crippen LogP contribution in [0.5, 0.6) is 0 Å². The molecule has 0 radical (unpaired) electrons. The van der Waals surface area contributed by atoms with Gasteiger partial charge in [-0.15, -0.1) is 11.8 Å². The first-order chi connectivity index (χ1) is 4.74. The first-order valence-electron chi connectivity index (χ1n) is 2.91. The van der Waals surface area contributed by atoms with Crippen LogP contribution in [0.1, 0.15) is 5.69 Å². The van der Waals surface area contributed by atoms with E-state index in [0.29, 0.717) is 5.15 Å². The summed E-state index contributed by atoms with van der Waals surface area (Å²) in [6.45, 7) is 1.93. The van der Waals surface area contributed by atoms with E-state index < -0.39 is 0 Å². The van der Waals surface area contributed by atoms with E-state index in [-0.39, 0.29) is 0 Å². The molecule has 0 amide bonds. The molecule has 10 heavy (non-hydrogen) atoms. The Labute approximate surface area is 69.8 Å². The van der Waals surface area contributed by atoms with Gasteiger partial charge >= 0.3 is 0 Å². The molecular formula is C7H8ClNS. The molecule has 0 bridgehead atoms. The van der Waals surface area contributed by atoms with E-state index in [0.717, 1.165) is 10.6 Å². The van der Waals surface area contributed by atoms with Gasteiger partial charge in [0.25, 0.3) is 0 Å². The topological polar surface area (TPSA) is 12.9 Å². The molecule has 0 aliphatic heterocycles. The number of rotatable bonds is 1. The average Bonchev–Trinajstić information content (AvgIpc) is 1.88. The molecular weight excluding hydrogens is 166 g/mol. The van der Waals surface area contributed by atoms with Crippen LogP contribution >= 0.6 is 23.4 Å². The Kier molecular flexibility index (Phi) is 2.57. The molecule has 3 heteroatoms. The van der Waals surface area contributed by atoms with Crippen molar-refractivity contribution < 1.29 is 0 Å². The summed E-state index contributed by atoms with van der Waals surface area (Å²) in [5.74, 6) is 0. The summed E-state index contributed by atoms with van der Waals surface area (Å²) in [6.07, 6.45) is 1.98. The lowest BCUT2D eigenvalue weighted by atomic mass is 10.4. The van der Waals surface area contributed by atoms with Crippen LogP contribution in [0.2, 0.25) is 5.15 Å². The van der Waals surface area contributed by atoms with Gasteiger partial charge < -0.3 is 0 Å². The number of hydrogen-bond donors (Lipinski definition) is 0. The molecule has 1 aromatic rings. The van der Waals surface area contributed by atoms with Gasteiger partial charge in [0, 0.05) is 10.6 Å². The molecule has 54 valence electrons. The van der Waals surface area contributed by atoms with Gasteiger partial charge in [-0.05, 0) is 25.3 Å². The van der Waals surface area contributed by atoms with Crippen molar-refractivity contribution in [3.63, 3.8) is 0 Å². The lowest BCUT2D eigenvalue weighted by Gasteiger charge is -1.98. The number of aryl methyl sites for hydroxylation is 1. The van der Waals surface area contributed by atoms with Crippen molar-refractivity contribution in [1.29, 1.82) is 0 Å². The van der Waals surface area contributed by atoms with Gasteiger partial charge in [0.2, 0.25) is 0 Å². The number of aromatic nitrogens is 1. The fourth-order valence-corrected chi connectivity index (χ4v) is 1.51. The molecule has 1 heterocycles. The lowest BCUT2D eigenvalue weighted by Crippen LogP contribution is -1.82. The first-order valence-corrected chi connectivity index (χ1v) is 4.51. The van der Waals surface area contributed by atoms with Gasteiger partial charge in [0.05, 0.1) is 0 Å². The monoisotopic (exact) mass is 173 g/mol. The summed E-state index contributed by atoms with van der Waals surface area (Å²) in [5.41, 5.74) is 0.961. The maximum Gasteiger partial charge on any atom is 0.142 e. The highest BCUT2D eigenvalue weighted by molar-refractivity contribution is 7.98. The van der Waals surface area contributed by atoms with Gasteiger partial charge in [0.15, 0.2) is 0 Å². The summed E-state index contributed by atoms with van der Waals surface area (Å²) in [5, 5.41) is 0.604. The second-order valence-electron chi connectivity index (χ2n) is 1.95. The first kappa shape index (κ1) is 7.89. The third-order valence-electron chi connectivity index (χ3n) is 1.17. The van der Waals surface area contributed by atoms with E-state index in [9.17, 15) is 0 Å². The molecule has 1 aromatic heterocycles. The van der Waals surface area contributed by atoms with Gasteiger partial charge in [-0.25, -0.2) is 4.98 Å². The maximum atomic E-state index is 5.80. The quantitative estimate of drug-likeness (QED) is 0.479. The van der Waals surface area contributed by atoms with Crippen LogP contribution in [-0.4, -0.2) is 11.2 Å². The van der Waals surface area contributed by atoms with E-state index in [4.69, 9.17) is 11.6 Å². The third-order valence-corrected chi connectivity index (χ3v) is 2.34. The predicted molar refractivity (Wildman–Crippen MR) is 45.8 cm³/mol. The highest BCUT2D eigenvalue weighted by Gasteiger charge is 1.97. The molecule has 1 nitrogen and oxygen atoms in total. The molecule has 0 unspecified atom stereocenters. The molecule has 0 saturated heterocycles. The SMILES string of the molecule is CSc1ccc(C)nc1Cl. The van der Waals surface area contributed by atoms with Crippen molar-refractivity contribution in [2.75, 3.05) is 6.26 Å². The van der Waals surface area contributed by atoms with Crippen molar-refractivity contribution >= 4 is 23.4 Å². The number of pyridine rings is 1. The molecule has 0 aromatic carbocycles. The third kappa shape index (κ3) is 1.64. The van der Waals surface area contributed by atoms with Crippen LogP contribution in [0.3, 0.4) is 0 Å². The summed E-state index contributed by atoms with van der Waals surface area (Å²) < 4.78 is 0. The molecule has 1 rings (SSSR count). The number of thioether (sulfide) groups is 1. The zero-order valence-electron chi connectivity index (χ0n) is 5.89. The molecule has 0 fully saturated rings. The Morgan fingerprint density at radius 2 is 2.20 bits per heavy atom. The second-order valence-corrected chi connectivity index (χ2v) is 3.15. The van der Waals surface area contributed by atoms with Gasteiger partial charge in [0.1, 0.15) is 5.15 Å². The largest absolute Gasteiger partial charge is 0.240 e. The van der Waals surface area contributed by atoms with Crippen LogP contribution < -0.4 is 0 Å². The Balaban J connectivity index is 3.07. The average molecular weight is 174 g/mol. The molecule has 0 aliphatic rings. The summed E-state index contributed by atoms with van der Waals surface area (Å²) in [4.78, 5) is 5.12. The number of hydrogen-bond acceptors (Lipinski definition) is 2. The standard InChI is InChI=1S/C7H8ClNS/c1-5-3-4-6(10-2)7(8)9-5/h3-4H,1-2H3. The maximum absolute atomic E-state index is 5.80. The van der Waals surface area contributed by atoms with E-state index in [1.54, 1.807) is 11.8 Å². The normalized spacial score (nSPS) is 9.90. The lowest BCUT2D eigenvalue weighted by molar-refractivity contribution is 1.15. The van der Waals surface area contributed by atoms with E-state index in [1.807, 2.05) is 25.3 Å². The minimum absolute atomic E-state index is 0.604. The Morgan fingerprint density at radius 3 is 2.70 bits per heavy atom. The summed E-state index contributed by atoms with van der Waals surface area (Å²) >= 11 is 7.41. The van der Waals surface area contributed by atoms with Crippen molar-refractivity contribution in [3.05, 3.63) is 23.0 Å². The molecule has 0 aliphatic carbocycles. The fourth-order valence-electron chi connectivity index (χ4n) is 0.665. The van der Waals surface area contributed by atoms with Gasteiger partial charge in [-0.2, -0.15) is 0 Å². The van der Waals surface area contributed by atoms with E-state index >= 15 is 0 Å². The fraction of sp³-hybridized carbons (Fsp3) is 0.286. The van der Waals surface area contributed by atoms with Crippen molar-refractivity contribution in [2.45, 2.75) is 11.8 Å². The van der Waals surface area contributed by atoms with Crippen LogP contribution in [-0.2, 0) is 0 Å². The minimum atomic E-state index is 0.604. The van der Waals surface area contributed by atoms with Gasteiger partial charge in [-0.3, -0.25) is 0 Å². The van der Waals surface area contributed by atoms with Crippen LogP contribution in [0.4, 0.5) is 0 Å². The van der Waals surface area contributed by atoms with Crippen molar-refractivity contribution in [1.82, 2.24) is 4.98 Å². The zero-order chi connectivity index (χ0) is 7.56. The summed E-state index contributed by atoms with van der Waals surface area (Å²) in [6, 6.07) is 3.94. The molecule has 0 saturated carbocycles. The van der Waals surface area contributed by atoms with Gasteiger partial charge in [-0.1, -0.05) is 11.6 Å². The van der Waals surface area contributed by atoms with Crippen molar-refractivity contribution in [2.24, 2.45) is 0 Å². The predicted octanol–water partition coefficient (Wildman–Crippen LogP) is 2.77. The van der Waals surface area contributed by atoms with E-state index in [1.165, 1.54) is 0 Å². The van der Waals surface area contributed by atoms with E-state index in [2.05, 4.69) is 4.98 Å². The number of halogens is 1. The Bertz CT molecular complexity index is 237. The molecule has 0 atom stereocenters. The van der Waals surface area contributed by atoms with Crippen LogP contribution in [0, 0.1) is 6.92 Å².